The van der Waals surface area contributed by atoms with Gasteiger partial charge in [0, 0.05) is 61.8 Å². The number of benzene rings is 4. The Bertz CT molecular complexity index is 1710. The standard InChI is InChI=1S/C16H16ClNO2.C16H18ClN.Fe/c1-11(2)15-6-4-3-5-12(15)9-13-7-8-14(17)10-16(13)18(19)20;1-11(2)15-6-4-3-5-12(15)9-13-7-8-14(17)10-16(13)18;/h3-8,10-11H,9H2,1-2H3;3-8,10-11H,9,18H2,1-2H3;/i2*1D3,11D;. The van der Waals surface area contributed by atoms with Crippen molar-refractivity contribution in [2.24, 2.45) is 0 Å². The van der Waals surface area contributed by atoms with Crippen molar-refractivity contribution in [2.45, 2.75) is 52.2 Å². The summed E-state index contributed by atoms with van der Waals surface area (Å²) in [5.74, 6) is -3.49. The summed E-state index contributed by atoms with van der Waals surface area (Å²) in [7, 11) is 0. The van der Waals surface area contributed by atoms with Crippen LogP contribution in [0.25, 0.3) is 0 Å². The molecule has 206 valence electrons. The summed E-state index contributed by atoms with van der Waals surface area (Å²) in [6.45, 7) is -2.18. The largest absolute Gasteiger partial charge is 0.398 e. The third-order valence-corrected chi connectivity index (χ3v) is 6.43. The van der Waals surface area contributed by atoms with Crippen molar-refractivity contribution in [3.05, 3.63) is 138 Å². The van der Waals surface area contributed by atoms with Crippen LogP contribution < -0.4 is 5.73 Å². The Labute approximate surface area is 263 Å². The average molecular weight is 613 g/mol. The van der Waals surface area contributed by atoms with Gasteiger partial charge in [-0.3, -0.25) is 10.1 Å². The molecule has 0 saturated heterocycles. The zero-order valence-corrected chi connectivity index (χ0v) is 24.1. The Kier molecular flexibility index (Phi) is 8.49. The first-order valence-corrected chi connectivity index (χ1v) is 12.6. The van der Waals surface area contributed by atoms with Gasteiger partial charge in [-0.15, -0.1) is 0 Å². The van der Waals surface area contributed by atoms with Crippen molar-refractivity contribution in [3.8, 4) is 0 Å². The van der Waals surface area contributed by atoms with Crippen LogP contribution in [-0.2, 0) is 29.9 Å². The van der Waals surface area contributed by atoms with Crippen LogP contribution in [0, 0.1) is 10.1 Å². The Balaban J connectivity index is 0.000000321. The second kappa shape index (κ2) is 15.1. The molecular weight excluding hydrogens is 571 g/mol. The molecule has 4 rings (SSSR count). The number of anilines is 1. The Morgan fingerprint density at radius 3 is 1.74 bits per heavy atom. The molecule has 2 unspecified atom stereocenters. The summed E-state index contributed by atoms with van der Waals surface area (Å²) in [5, 5.41) is 12.0. The molecule has 0 heterocycles. The molecule has 4 nitrogen and oxygen atoms in total. The van der Waals surface area contributed by atoms with Crippen LogP contribution >= 0.6 is 23.2 Å². The van der Waals surface area contributed by atoms with Gasteiger partial charge in [0.1, 0.15) is 0 Å². The van der Waals surface area contributed by atoms with E-state index in [-0.39, 0.29) is 34.2 Å². The van der Waals surface area contributed by atoms with E-state index in [0.29, 0.717) is 39.4 Å². The van der Waals surface area contributed by atoms with Crippen molar-refractivity contribution in [1.82, 2.24) is 0 Å². The van der Waals surface area contributed by atoms with E-state index < -0.39 is 30.4 Å². The Morgan fingerprint density at radius 1 is 0.795 bits per heavy atom. The van der Waals surface area contributed by atoms with E-state index in [4.69, 9.17) is 39.9 Å². The van der Waals surface area contributed by atoms with Crippen LogP contribution in [0.4, 0.5) is 11.4 Å². The fourth-order valence-corrected chi connectivity index (χ4v) is 4.42. The number of rotatable bonds is 7. The maximum absolute atomic E-state index is 11.2. The average Bonchev–Trinajstić information content (AvgIpc) is 2.95. The van der Waals surface area contributed by atoms with Crippen molar-refractivity contribution >= 4 is 34.6 Å². The molecular formula is C32H34Cl2FeN2O2. The van der Waals surface area contributed by atoms with Crippen molar-refractivity contribution < 1.29 is 33.0 Å². The van der Waals surface area contributed by atoms with E-state index in [9.17, 15) is 10.1 Å². The molecule has 4 aromatic carbocycles. The van der Waals surface area contributed by atoms with E-state index in [0.717, 1.165) is 11.1 Å². The number of halogens is 2. The first kappa shape index (κ1) is 21.9. The number of nitrogens with zero attached hydrogens (tertiary/aromatic N) is 1. The van der Waals surface area contributed by atoms with Gasteiger partial charge in [0.05, 0.1) is 4.92 Å². The second-order valence-corrected chi connectivity index (χ2v) is 9.66. The zero-order chi connectivity index (χ0) is 34.7. The maximum Gasteiger partial charge on any atom is 0.274 e. The van der Waals surface area contributed by atoms with Crippen LogP contribution in [0.2, 0.25) is 10.0 Å². The van der Waals surface area contributed by atoms with Gasteiger partial charge < -0.3 is 5.73 Å². The van der Waals surface area contributed by atoms with Gasteiger partial charge in [0.2, 0.25) is 0 Å². The van der Waals surface area contributed by atoms with Gasteiger partial charge in [0.25, 0.3) is 5.69 Å². The molecule has 0 spiro atoms. The Morgan fingerprint density at radius 2 is 1.26 bits per heavy atom. The molecule has 0 saturated carbocycles. The van der Waals surface area contributed by atoms with E-state index in [1.165, 1.54) is 19.9 Å². The van der Waals surface area contributed by atoms with Crippen LogP contribution in [0.15, 0.2) is 84.9 Å². The molecule has 0 aliphatic rings. The van der Waals surface area contributed by atoms with Crippen molar-refractivity contribution in [1.29, 1.82) is 0 Å². The predicted molar refractivity (Wildman–Crippen MR) is 161 cm³/mol. The first-order chi connectivity index (χ1) is 21.2. The first-order valence-electron chi connectivity index (χ1n) is 15.8. The minimum atomic E-state index is -2.52. The minimum Gasteiger partial charge on any atom is -0.398 e. The molecule has 39 heavy (non-hydrogen) atoms. The van der Waals surface area contributed by atoms with Gasteiger partial charge >= 0.3 is 0 Å². The number of nitrogens with two attached hydrogens (primary N) is 1. The summed E-state index contributed by atoms with van der Waals surface area (Å²) < 4.78 is 62.3. The van der Waals surface area contributed by atoms with Crippen LogP contribution in [0.3, 0.4) is 0 Å². The number of nitro groups is 1. The third kappa shape index (κ3) is 9.12. The summed E-state index contributed by atoms with van der Waals surface area (Å²) in [5.41, 5.74) is 9.84. The summed E-state index contributed by atoms with van der Waals surface area (Å²) in [4.78, 5) is 10.7. The smallest absolute Gasteiger partial charge is 0.274 e. The third-order valence-electron chi connectivity index (χ3n) is 5.96. The fourth-order valence-electron chi connectivity index (χ4n) is 4.07. The van der Waals surface area contributed by atoms with Gasteiger partial charge in [0.15, 0.2) is 0 Å². The molecule has 0 aromatic heterocycles. The van der Waals surface area contributed by atoms with Gasteiger partial charge in [-0.2, -0.15) is 0 Å². The molecule has 0 aliphatic carbocycles. The number of nitro benzene ring substituents is 1. The number of nitrogen functional groups attached to an aromatic ring is 1. The molecule has 0 radical (unpaired) electrons. The molecule has 0 fully saturated rings. The fraction of sp³-hybridized carbons (Fsp3) is 0.250. The zero-order valence-electron chi connectivity index (χ0n) is 29.4. The number of hydrogen-bond donors (Lipinski definition) is 1. The topological polar surface area (TPSA) is 69.2 Å². The minimum absolute atomic E-state index is 0. The Hall–Kier alpha value is -2.82. The van der Waals surface area contributed by atoms with Crippen LogP contribution in [-0.4, -0.2) is 4.92 Å². The molecule has 2 atom stereocenters. The van der Waals surface area contributed by atoms with E-state index in [1.807, 2.05) is 18.2 Å². The predicted octanol–water partition coefficient (Wildman–Crippen LogP) is 9.60. The molecule has 0 amide bonds. The molecule has 0 bridgehead atoms. The maximum atomic E-state index is 11.2. The van der Waals surface area contributed by atoms with Crippen molar-refractivity contribution in [3.63, 3.8) is 0 Å². The molecule has 7 heteroatoms. The monoisotopic (exact) mass is 612 g/mol. The van der Waals surface area contributed by atoms with Crippen LogP contribution in [0.5, 0.6) is 0 Å². The van der Waals surface area contributed by atoms with Gasteiger partial charge in [-0.05, 0) is 64.2 Å². The van der Waals surface area contributed by atoms with Crippen molar-refractivity contribution in [2.75, 3.05) is 5.73 Å². The van der Waals surface area contributed by atoms with E-state index in [2.05, 4.69) is 0 Å². The quantitative estimate of drug-likeness (QED) is 0.0977. The van der Waals surface area contributed by atoms with E-state index in [1.54, 1.807) is 60.7 Å². The second-order valence-electron chi connectivity index (χ2n) is 8.79. The molecule has 4 aromatic rings. The molecule has 0 aliphatic heterocycles. The van der Waals surface area contributed by atoms with Gasteiger partial charge in [-0.1, -0.05) is 111 Å². The van der Waals surface area contributed by atoms with Crippen LogP contribution in [0.1, 0.15) is 83.7 Å². The summed E-state index contributed by atoms with van der Waals surface area (Å²) in [6, 6.07) is 23.4. The normalized spacial score (nSPS) is 17.2. The van der Waals surface area contributed by atoms with E-state index >= 15 is 0 Å². The number of hydrogen-bond acceptors (Lipinski definition) is 3. The summed E-state index contributed by atoms with van der Waals surface area (Å²) in [6.07, 6.45) is 0.609. The van der Waals surface area contributed by atoms with Gasteiger partial charge in [-0.25, -0.2) is 0 Å². The summed E-state index contributed by atoms with van der Waals surface area (Å²) >= 11 is 11.7. The molecule has 2 N–H and O–H groups in total. The SMILES string of the molecule is [2H]C([2H])([2H])C([2H])(C)c1ccccc1Cc1ccc(Cl)cc1N.[2H]C([2H])([2H])C([2H])(C)c1ccccc1Cc1ccc(Cl)cc1[N+](=O)[O-].[Fe].